The molecule has 2 aromatic rings. The van der Waals surface area contributed by atoms with Crippen molar-refractivity contribution in [2.75, 3.05) is 14.2 Å². The van der Waals surface area contributed by atoms with Crippen molar-refractivity contribution in [2.24, 2.45) is 0 Å². The average Bonchev–Trinajstić information content (AvgIpc) is 2.62. The van der Waals surface area contributed by atoms with Gasteiger partial charge in [-0.25, -0.2) is 0 Å². The first-order valence-electron chi connectivity index (χ1n) is 7.07. The summed E-state index contributed by atoms with van der Waals surface area (Å²) in [5.74, 6) is 6.68. The number of rotatable bonds is 6. The van der Waals surface area contributed by atoms with Crippen LogP contribution in [-0.4, -0.2) is 14.2 Å². The van der Waals surface area contributed by atoms with Crippen molar-refractivity contribution < 1.29 is 14.2 Å². The van der Waals surface area contributed by atoms with Crippen LogP contribution in [0.5, 0.6) is 11.5 Å². The lowest BCUT2D eigenvalue weighted by molar-refractivity contribution is 0.0514. The molecular weight excluding hydrogens is 288 g/mol. The largest absolute Gasteiger partial charge is 0.497 e. The summed E-state index contributed by atoms with van der Waals surface area (Å²) in [6.07, 6.45) is 10.1. The van der Waals surface area contributed by atoms with Gasteiger partial charge in [-0.05, 0) is 35.4 Å². The van der Waals surface area contributed by atoms with Crippen molar-refractivity contribution in [1.29, 1.82) is 0 Å². The van der Waals surface area contributed by atoms with Crippen molar-refractivity contribution >= 4 is 0 Å². The SMILES string of the molecule is C#CC(OC(C#C)c1cccc(OC)c1)c1cccc(OC)c1. The standard InChI is InChI=1S/C20H18O3/c1-5-19(15-9-7-11-17(13-15)21-3)23-20(6-2)16-10-8-12-18(14-16)22-4/h1-2,7-14,19-20H,3-4H3. The predicted octanol–water partition coefficient (Wildman–Crippen LogP) is 3.77. The molecule has 2 aromatic carbocycles. The summed E-state index contributed by atoms with van der Waals surface area (Å²) in [6, 6.07) is 14.8. The lowest BCUT2D eigenvalue weighted by Gasteiger charge is -2.19. The quantitative estimate of drug-likeness (QED) is 0.760. The number of terminal acetylenes is 2. The molecular formula is C20H18O3. The maximum atomic E-state index is 5.94. The molecule has 0 aromatic heterocycles. The van der Waals surface area contributed by atoms with Crippen molar-refractivity contribution in [1.82, 2.24) is 0 Å². The first kappa shape index (κ1) is 16.5. The van der Waals surface area contributed by atoms with Gasteiger partial charge in [0, 0.05) is 0 Å². The Hall–Kier alpha value is -2.88. The molecule has 0 N–H and O–H groups in total. The van der Waals surface area contributed by atoms with Gasteiger partial charge in [0.25, 0.3) is 0 Å². The average molecular weight is 306 g/mol. The number of benzene rings is 2. The van der Waals surface area contributed by atoms with Crippen LogP contribution in [0.4, 0.5) is 0 Å². The van der Waals surface area contributed by atoms with E-state index in [-0.39, 0.29) is 0 Å². The molecule has 0 aliphatic carbocycles. The lowest BCUT2D eigenvalue weighted by atomic mass is 10.1. The molecule has 0 bridgehead atoms. The molecule has 0 aliphatic heterocycles. The van der Waals surface area contributed by atoms with Gasteiger partial charge in [0.1, 0.15) is 23.7 Å². The van der Waals surface area contributed by atoms with Gasteiger partial charge in [0.05, 0.1) is 14.2 Å². The van der Waals surface area contributed by atoms with Crippen LogP contribution in [0.2, 0.25) is 0 Å². The Morgan fingerprint density at radius 1 is 0.783 bits per heavy atom. The van der Waals surface area contributed by atoms with Crippen LogP contribution in [0, 0.1) is 24.7 Å². The van der Waals surface area contributed by atoms with E-state index in [0.717, 1.165) is 11.1 Å². The van der Waals surface area contributed by atoms with Crippen LogP contribution < -0.4 is 9.47 Å². The van der Waals surface area contributed by atoms with Gasteiger partial charge in [-0.3, -0.25) is 0 Å². The fourth-order valence-corrected chi connectivity index (χ4v) is 2.17. The molecule has 116 valence electrons. The zero-order valence-electron chi connectivity index (χ0n) is 13.2. The fourth-order valence-electron chi connectivity index (χ4n) is 2.17. The fraction of sp³-hybridized carbons (Fsp3) is 0.200. The lowest BCUT2D eigenvalue weighted by Crippen LogP contribution is -2.08. The minimum atomic E-state index is -0.572. The molecule has 0 amide bonds. The molecule has 0 saturated carbocycles. The highest BCUT2D eigenvalue weighted by Crippen LogP contribution is 2.29. The van der Waals surface area contributed by atoms with Gasteiger partial charge in [-0.2, -0.15) is 0 Å². The van der Waals surface area contributed by atoms with Crippen LogP contribution >= 0.6 is 0 Å². The van der Waals surface area contributed by atoms with Gasteiger partial charge in [0.15, 0.2) is 0 Å². The van der Waals surface area contributed by atoms with Crippen molar-refractivity contribution in [3.63, 3.8) is 0 Å². The first-order valence-corrected chi connectivity index (χ1v) is 7.07. The molecule has 2 atom stereocenters. The first-order chi connectivity index (χ1) is 11.2. The minimum Gasteiger partial charge on any atom is -0.497 e. The Morgan fingerprint density at radius 2 is 1.22 bits per heavy atom. The Labute approximate surface area is 137 Å². The molecule has 0 fully saturated rings. The normalized spacial score (nSPS) is 12.5. The molecule has 0 spiro atoms. The summed E-state index contributed by atoms with van der Waals surface area (Å²) in [7, 11) is 3.21. The summed E-state index contributed by atoms with van der Waals surface area (Å²) in [4.78, 5) is 0. The van der Waals surface area contributed by atoms with E-state index < -0.39 is 12.2 Å². The third kappa shape index (κ3) is 4.07. The van der Waals surface area contributed by atoms with Gasteiger partial charge in [0.2, 0.25) is 0 Å². The number of methoxy groups -OCH3 is 2. The number of ether oxygens (including phenoxy) is 3. The second-order valence-corrected chi connectivity index (χ2v) is 4.78. The third-order valence-electron chi connectivity index (χ3n) is 3.37. The van der Waals surface area contributed by atoms with Gasteiger partial charge in [-0.1, -0.05) is 36.1 Å². The zero-order valence-corrected chi connectivity index (χ0v) is 13.2. The highest BCUT2D eigenvalue weighted by atomic mass is 16.5. The molecule has 2 rings (SSSR count). The van der Waals surface area contributed by atoms with E-state index in [1.807, 2.05) is 48.5 Å². The molecule has 0 heterocycles. The maximum Gasteiger partial charge on any atom is 0.145 e. The maximum absolute atomic E-state index is 5.94. The second-order valence-electron chi connectivity index (χ2n) is 4.78. The Bertz CT molecular complexity index is 674. The molecule has 2 unspecified atom stereocenters. The predicted molar refractivity (Wildman–Crippen MR) is 90.2 cm³/mol. The summed E-state index contributed by atoms with van der Waals surface area (Å²) >= 11 is 0. The molecule has 23 heavy (non-hydrogen) atoms. The summed E-state index contributed by atoms with van der Waals surface area (Å²) in [5.41, 5.74) is 1.63. The molecule has 0 saturated heterocycles. The summed E-state index contributed by atoms with van der Waals surface area (Å²) in [6.45, 7) is 0. The van der Waals surface area contributed by atoms with Crippen LogP contribution in [0.3, 0.4) is 0 Å². The molecule has 0 aliphatic rings. The number of hydrogen-bond donors (Lipinski definition) is 0. The van der Waals surface area contributed by atoms with E-state index in [9.17, 15) is 0 Å². The van der Waals surface area contributed by atoms with E-state index in [4.69, 9.17) is 27.1 Å². The van der Waals surface area contributed by atoms with Crippen LogP contribution in [-0.2, 0) is 4.74 Å². The topological polar surface area (TPSA) is 27.7 Å². The molecule has 3 nitrogen and oxygen atoms in total. The monoisotopic (exact) mass is 306 g/mol. The third-order valence-corrected chi connectivity index (χ3v) is 3.37. The van der Waals surface area contributed by atoms with Crippen molar-refractivity contribution in [3.05, 3.63) is 59.7 Å². The highest BCUT2D eigenvalue weighted by Gasteiger charge is 2.17. The Kier molecular flexibility index (Phi) is 5.69. The van der Waals surface area contributed by atoms with Gasteiger partial charge < -0.3 is 14.2 Å². The van der Waals surface area contributed by atoms with E-state index >= 15 is 0 Å². The van der Waals surface area contributed by atoms with Gasteiger partial charge in [-0.15, -0.1) is 12.8 Å². The van der Waals surface area contributed by atoms with E-state index in [1.165, 1.54) is 0 Å². The van der Waals surface area contributed by atoms with E-state index in [1.54, 1.807) is 14.2 Å². The Morgan fingerprint density at radius 3 is 1.57 bits per heavy atom. The molecule has 3 heteroatoms. The van der Waals surface area contributed by atoms with Gasteiger partial charge >= 0.3 is 0 Å². The number of hydrogen-bond acceptors (Lipinski definition) is 3. The Balaban J connectivity index is 2.25. The van der Waals surface area contributed by atoms with Crippen molar-refractivity contribution in [2.45, 2.75) is 12.2 Å². The van der Waals surface area contributed by atoms with E-state index in [2.05, 4.69) is 11.8 Å². The smallest absolute Gasteiger partial charge is 0.145 e. The highest BCUT2D eigenvalue weighted by molar-refractivity contribution is 5.35. The zero-order chi connectivity index (χ0) is 16.7. The van der Waals surface area contributed by atoms with Crippen LogP contribution in [0.25, 0.3) is 0 Å². The minimum absolute atomic E-state index is 0.572. The van der Waals surface area contributed by atoms with Crippen LogP contribution in [0.1, 0.15) is 23.3 Å². The van der Waals surface area contributed by atoms with E-state index in [0.29, 0.717) is 11.5 Å². The van der Waals surface area contributed by atoms with Crippen molar-refractivity contribution in [3.8, 4) is 36.2 Å². The summed E-state index contributed by atoms with van der Waals surface area (Å²) in [5, 5.41) is 0. The summed E-state index contributed by atoms with van der Waals surface area (Å²) < 4.78 is 16.4. The molecule has 0 radical (unpaired) electrons. The van der Waals surface area contributed by atoms with Crippen LogP contribution in [0.15, 0.2) is 48.5 Å². The second kappa shape index (κ2) is 7.94.